The van der Waals surface area contributed by atoms with Crippen LogP contribution in [0.1, 0.15) is 71.6 Å². The first-order chi connectivity index (χ1) is 12.6. The van der Waals surface area contributed by atoms with Gasteiger partial charge in [-0.2, -0.15) is 13.2 Å². The number of alkyl halides is 3. The first-order valence-electron chi connectivity index (χ1n) is 10.8. The maximum absolute atomic E-state index is 13.3. The number of aliphatic hydroxyl groups excluding tert-OH is 1. The number of carbonyl (C=O) groups is 1. The first-order valence-corrected chi connectivity index (χ1v) is 10.8. The molecule has 0 aliphatic heterocycles. The molecule has 4 aliphatic rings. The van der Waals surface area contributed by atoms with Gasteiger partial charge in [0.2, 0.25) is 0 Å². The second kappa shape index (κ2) is 6.47. The molecule has 1 N–H and O–H groups in total. The highest BCUT2D eigenvalue weighted by atomic mass is 19.4. The lowest BCUT2D eigenvalue weighted by Gasteiger charge is -2.61. The number of rotatable bonds is 2. The Bertz CT molecular complexity index is 603. The van der Waals surface area contributed by atoms with Gasteiger partial charge in [0.05, 0.1) is 5.92 Å². The van der Waals surface area contributed by atoms with Crippen LogP contribution in [0.25, 0.3) is 0 Å². The lowest BCUT2D eigenvalue weighted by Crippen LogP contribution is -2.54. The zero-order chi connectivity index (χ0) is 19.6. The zero-order valence-corrected chi connectivity index (χ0v) is 16.5. The van der Waals surface area contributed by atoms with Crippen molar-refractivity contribution in [3.8, 4) is 0 Å². The summed E-state index contributed by atoms with van der Waals surface area (Å²) in [7, 11) is 0. The van der Waals surface area contributed by atoms with Crippen LogP contribution in [-0.4, -0.2) is 23.7 Å². The van der Waals surface area contributed by atoms with Crippen LogP contribution < -0.4 is 0 Å². The van der Waals surface area contributed by atoms with E-state index in [1.807, 2.05) is 0 Å². The highest BCUT2D eigenvalue weighted by molar-refractivity contribution is 5.83. The Labute approximate surface area is 160 Å². The molecule has 4 fully saturated rings. The van der Waals surface area contributed by atoms with Gasteiger partial charge in [-0.15, -0.1) is 0 Å². The molecular formula is C22H33F3O2. The molecule has 5 heteroatoms. The number of carbonyl (C=O) groups excluding carboxylic acids is 1. The van der Waals surface area contributed by atoms with Gasteiger partial charge < -0.3 is 5.11 Å². The van der Waals surface area contributed by atoms with E-state index in [9.17, 15) is 23.1 Å². The predicted molar refractivity (Wildman–Crippen MR) is 96.9 cm³/mol. The van der Waals surface area contributed by atoms with Gasteiger partial charge in [0, 0.05) is 5.92 Å². The first kappa shape index (κ1) is 19.7. The van der Waals surface area contributed by atoms with E-state index in [2.05, 4.69) is 13.8 Å². The second-order valence-corrected chi connectivity index (χ2v) is 10.5. The molecule has 0 amide bonds. The molecule has 0 spiro atoms. The standard InChI is InChI=1S/C22H33F3O2/c1-20-9-7-14(22(23,24)25)11-13(20)3-4-15-16-5-6-18(19(27)12-26)21(16,2)10-8-17(15)20/h13-18,26H,3-12H2,1-2H3/t13-,14+,15+,16+,17+,18-,20+,21+/m1/s1. The van der Waals surface area contributed by atoms with Gasteiger partial charge in [-0.3, -0.25) is 4.79 Å². The van der Waals surface area contributed by atoms with Gasteiger partial charge in [-0.05, 0) is 92.3 Å². The molecule has 27 heavy (non-hydrogen) atoms. The molecule has 0 aromatic heterocycles. The fourth-order valence-corrected chi connectivity index (χ4v) is 8.19. The summed E-state index contributed by atoms with van der Waals surface area (Å²) in [6.07, 6.45) is 3.13. The third kappa shape index (κ3) is 2.89. The minimum Gasteiger partial charge on any atom is -0.389 e. The molecule has 0 radical (unpaired) electrons. The average Bonchev–Trinajstić information content (AvgIpc) is 2.96. The van der Waals surface area contributed by atoms with Gasteiger partial charge in [0.25, 0.3) is 0 Å². The molecule has 4 saturated carbocycles. The molecule has 0 aromatic rings. The van der Waals surface area contributed by atoms with Crippen molar-refractivity contribution < 1.29 is 23.1 Å². The van der Waals surface area contributed by atoms with Crippen molar-refractivity contribution in [2.75, 3.05) is 6.61 Å². The normalized spacial score (nSPS) is 49.9. The lowest BCUT2D eigenvalue weighted by atomic mass is 9.44. The summed E-state index contributed by atoms with van der Waals surface area (Å²) in [6, 6.07) is 0. The minimum atomic E-state index is -4.05. The number of fused-ring (bicyclic) bond motifs is 5. The SMILES string of the molecule is C[C@]12CC[C@H](C(F)(F)F)C[C@H]1CC[C@@H]1[C@@H]2CC[C@]2(C)[C@@H](C(=O)CO)CC[C@@H]12. The van der Waals surface area contributed by atoms with E-state index in [1.165, 1.54) is 0 Å². The van der Waals surface area contributed by atoms with Crippen LogP contribution in [0.3, 0.4) is 0 Å². The van der Waals surface area contributed by atoms with Crippen LogP contribution in [0.2, 0.25) is 0 Å². The van der Waals surface area contributed by atoms with E-state index in [0.717, 1.165) is 38.5 Å². The van der Waals surface area contributed by atoms with Gasteiger partial charge in [0.15, 0.2) is 5.78 Å². The van der Waals surface area contributed by atoms with Crippen molar-refractivity contribution >= 4 is 5.78 Å². The van der Waals surface area contributed by atoms with Crippen molar-refractivity contribution in [3.63, 3.8) is 0 Å². The predicted octanol–water partition coefficient (Wildman–Crippen LogP) is 5.39. The molecule has 0 bridgehead atoms. The van der Waals surface area contributed by atoms with E-state index >= 15 is 0 Å². The summed E-state index contributed by atoms with van der Waals surface area (Å²) in [6.45, 7) is 4.16. The molecule has 0 unspecified atom stereocenters. The van der Waals surface area contributed by atoms with Crippen molar-refractivity contribution in [1.82, 2.24) is 0 Å². The third-order valence-electron chi connectivity index (χ3n) is 9.67. The number of aliphatic hydroxyl groups is 1. The molecule has 0 heterocycles. The van der Waals surface area contributed by atoms with Crippen LogP contribution in [0, 0.1) is 46.3 Å². The fraction of sp³-hybridized carbons (Fsp3) is 0.955. The number of hydrogen-bond donors (Lipinski definition) is 1. The summed E-state index contributed by atoms with van der Waals surface area (Å²) >= 11 is 0. The summed E-state index contributed by atoms with van der Waals surface area (Å²) in [5.74, 6) is 0.591. The van der Waals surface area contributed by atoms with Crippen molar-refractivity contribution in [2.45, 2.75) is 77.8 Å². The van der Waals surface area contributed by atoms with E-state index in [1.54, 1.807) is 0 Å². The van der Waals surface area contributed by atoms with Crippen molar-refractivity contribution in [2.24, 2.45) is 46.3 Å². The van der Waals surface area contributed by atoms with E-state index < -0.39 is 12.1 Å². The Morgan fingerprint density at radius 2 is 1.63 bits per heavy atom. The van der Waals surface area contributed by atoms with Crippen LogP contribution in [0.15, 0.2) is 0 Å². The largest absolute Gasteiger partial charge is 0.391 e. The molecule has 4 aliphatic carbocycles. The summed E-state index contributed by atoms with van der Waals surface area (Å²) in [4.78, 5) is 12.3. The molecule has 8 atom stereocenters. The molecule has 0 saturated heterocycles. The molecule has 4 rings (SSSR count). The van der Waals surface area contributed by atoms with Gasteiger partial charge >= 0.3 is 6.18 Å². The Morgan fingerprint density at radius 1 is 0.963 bits per heavy atom. The Kier molecular flexibility index (Phi) is 4.72. The van der Waals surface area contributed by atoms with E-state index in [4.69, 9.17) is 0 Å². The number of halogens is 3. The molecule has 0 aromatic carbocycles. The Balaban J connectivity index is 1.55. The molecule has 2 nitrogen and oxygen atoms in total. The van der Waals surface area contributed by atoms with Crippen LogP contribution >= 0.6 is 0 Å². The molecular weight excluding hydrogens is 353 g/mol. The van der Waals surface area contributed by atoms with Crippen molar-refractivity contribution in [1.29, 1.82) is 0 Å². The molecule has 154 valence electrons. The summed E-state index contributed by atoms with van der Waals surface area (Å²) in [5.41, 5.74) is 0.0123. The fourth-order valence-electron chi connectivity index (χ4n) is 8.19. The highest BCUT2D eigenvalue weighted by Crippen LogP contribution is 2.68. The maximum Gasteiger partial charge on any atom is 0.391 e. The highest BCUT2D eigenvalue weighted by Gasteiger charge is 2.62. The van der Waals surface area contributed by atoms with Crippen LogP contribution in [-0.2, 0) is 4.79 Å². The summed E-state index contributed by atoms with van der Waals surface area (Å²) < 4.78 is 39.9. The van der Waals surface area contributed by atoms with Gasteiger partial charge in [-0.1, -0.05) is 13.8 Å². The maximum atomic E-state index is 13.3. The summed E-state index contributed by atoms with van der Waals surface area (Å²) in [5, 5.41) is 9.38. The quantitative estimate of drug-likeness (QED) is 0.691. The van der Waals surface area contributed by atoms with Gasteiger partial charge in [-0.25, -0.2) is 0 Å². The number of hydrogen-bond acceptors (Lipinski definition) is 2. The smallest absolute Gasteiger partial charge is 0.389 e. The zero-order valence-electron chi connectivity index (χ0n) is 16.5. The average molecular weight is 386 g/mol. The van der Waals surface area contributed by atoms with Crippen LogP contribution in [0.5, 0.6) is 0 Å². The van der Waals surface area contributed by atoms with E-state index in [0.29, 0.717) is 30.6 Å². The number of Topliss-reactive ketones (excluding diaryl/α,β-unsaturated/α-hetero) is 1. The van der Waals surface area contributed by atoms with Crippen LogP contribution in [0.4, 0.5) is 13.2 Å². The topological polar surface area (TPSA) is 37.3 Å². The Morgan fingerprint density at radius 3 is 2.30 bits per heavy atom. The number of ketones is 1. The monoisotopic (exact) mass is 386 g/mol. The third-order valence-corrected chi connectivity index (χ3v) is 9.67. The lowest BCUT2D eigenvalue weighted by molar-refractivity contribution is -0.208. The Hall–Kier alpha value is -0.580. The second-order valence-electron chi connectivity index (χ2n) is 10.5. The minimum absolute atomic E-state index is 0.0102. The van der Waals surface area contributed by atoms with E-state index in [-0.39, 0.29) is 41.5 Å². The van der Waals surface area contributed by atoms with Crippen molar-refractivity contribution in [3.05, 3.63) is 0 Å². The van der Waals surface area contributed by atoms with Gasteiger partial charge in [0.1, 0.15) is 6.61 Å².